The van der Waals surface area contributed by atoms with Crippen molar-refractivity contribution in [1.29, 1.82) is 0 Å². The summed E-state index contributed by atoms with van der Waals surface area (Å²) in [5, 5.41) is 3.83. The predicted molar refractivity (Wildman–Crippen MR) is 67.0 cm³/mol. The van der Waals surface area contributed by atoms with E-state index in [0.29, 0.717) is 24.0 Å². The van der Waals surface area contributed by atoms with Crippen molar-refractivity contribution in [3.63, 3.8) is 0 Å². The smallest absolute Gasteiger partial charge is 0.319 e. The fourth-order valence-corrected chi connectivity index (χ4v) is 1.77. The van der Waals surface area contributed by atoms with Gasteiger partial charge >= 0.3 is 6.55 Å². The lowest BCUT2D eigenvalue weighted by Crippen LogP contribution is -2.24. The van der Waals surface area contributed by atoms with E-state index in [1.54, 1.807) is 7.05 Å². The molecule has 0 bridgehead atoms. The molecule has 0 amide bonds. The van der Waals surface area contributed by atoms with Crippen LogP contribution in [0.25, 0.3) is 0 Å². The first-order valence-corrected chi connectivity index (χ1v) is 6.35. The van der Waals surface area contributed by atoms with Crippen LogP contribution in [0, 0.1) is 0 Å². The van der Waals surface area contributed by atoms with Gasteiger partial charge in [0.1, 0.15) is 5.82 Å². The van der Waals surface area contributed by atoms with Gasteiger partial charge in [-0.1, -0.05) is 12.1 Å². The standard InChI is InChI=1S/C12H17F2N5O/c1-4-9-16-11(20-17-9)8(2)18(3)7-10-15-5-6-19(10)12(13)14/h5-6,8,12H,4,7H2,1-3H3. The predicted octanol–water partition coefficient (Wildman–Crippen LogP) is 2.42. The van der Waals surface area contributed by atoms with E-state index in [0.717, 1.165) is 4.57 Å². The lowest BCUT2D eigenvalue weighted by Gasteiger charge is -2.21. The van der Waals surface area contributed by atoms with E-state index in [9.17, 15) is 8.78 Å². The van der Waals surface area contributed by atoms with Crippen molar-refractivity contribution in [2.45, 2.75) is 39.4 Å². The van der Waals surface area contributed by atoms with Crippen LogP contribution < -0.4 is 0 Å². The number of aromatic nitrogens is 4. The van der Waals surface area contributed by atoms with Gasteiger partial charge in [0, 0.05) is 18.8 Å². The molecule has 0 aliphatic carbocycles. The molecule has 0 fully saturated rings. The Morgan fingerprint density at radius 3 is 2.80 bits per heavy atom. The van der Waals surface area contributed by atoms with Crippen LogP contribution in [0.15, 0.2) is 16.9 Å². The molecule has 2 rings (SSSR count). The molecule has 0 saturated heterocycles. The Hall–Kier alpha value is -1.83. The van der Waals surface area contributed by atoms with Crippen LogP contribution in [-0.4, -0.2) is 31.6 Å². The number of aryl methyl sites for hydroxylation is 1. The Bertz CT molecular complexity index is 554. The van der Waals surface area contributed by atoms with Crippen LogP contribution in [-0.2, 0) is 13.0 Å². The van der Waals surface area contributed by atoms with Gasteiger partial charge < -0.3 is 4.52 Å². The molecule has 0 radical (unpaired) electrons. The van der Waals surface area contributed by atoms with E-state index in [4.69, 9.17) is 4.52 Å². The summed E-state index contributed by atoms with van der Waals surface area (Å²) in [6.45, 7) is 1.49. The summed E-state index contributed by atoms with van der Waals surface area (Å²) >= 11 is 0. The fraction of sp³-hybridized carbons (Fsp3) is 0.583. The molecule has 8 heteroatoms. The first-order valence-electron chi connectivity index (χ1n) is 6.35. The van der Waals surface area contributed by atoms with Crippen LogP contribution in [0.1, 0.15) is 44.0 Å². The van der Waals surface area contributed by atoms with Gasteiger partial charge in [-0.05, 0) is 14.0 Å². The third-order valence-corrected chi connectivity index (χ3v) is 3.17. The van der Waals surface area contributed by atoms with Crippen molar-refractivity contribution in [2.75, 3.05) is 7.05 Å². The normalized spacial score (nSPS) is 13.3. The van der Waals surface area contributed by atoms with Gasteiger partial charge in [-0.15, -0.1) is 0 Å². The van der Waals surface area contributed by atoms with E-state index in [1.807, 2.05) is 18.7 Å². The van der Waals surface area contributed by atoms with Crippen LogP contribution in [0.3, 0.4) is 0 Å². The zero-order valence-electron chi connectivity index (χ0n) is 11.6. The van der Waals surface area contributed by atoms with Crippen LogP contribution in [0.2, 0.25) is 0 Å². The Balaban J connectivity index is 2.07. The summed E-state index contributed by atoms with van der Waals surface area (Å²) in [6, 6.07) is -0.175. The minimum Gasteiger partial charge on any atom is -0.338 e. The van der Waals surface area contributed by atoms with Crippen molar-refractivity contribution in [1.82, 2.24) is 24.6 Å². The Kier molecular flexibility index (Phi) is 4.43. The molecule has 1 atom stereocenters. The largest absolute Gasteiger partial charge is 0.338 e. The number of hydrogen-bond donors (Lipinski definition) is 0. The molecule has 20 heavy (non-hydrogen) atoms. The lowest BCUT2D eigenvalue weighted by molar-refractivity contribution is 0.0630. The van der Waals surface area contributed by atoms with Crippen molar-refractivity contribution in [2.24, 2.45) is 0 Å². The molecular weight excluding hydrogens is 268 g/mol. The fourth-order valence-electron chi connectivity index (χ4n) is 1.77. The van der Waals surface area contributed by atoms with Gasteiger partial charge in [0.05, 0.1) is 12.6 Å². The minimum atomic E-state index is -2.59. The summed E-state index contributed by atoms with van der Waals surface area (Å²) < 4.78 is 31.5. The Morgan fingerprint density at radius 1 is 1.45 bits per heavy atom. The topological polar surface area (TPSA) is 60.0 Å². The highest BCUT2D eigenvalue weighted by Crippen LogP contribution is 2.20. The molecule has 0 spiro atoms. The van der Waals surface area contributed by atoms with Crippen molar-refractivity contribution >= 4 is 0 Å². The number of halogens is 2. The van der Waals surface area contributed by atoms with Gasteiger partial charge in [-0.25, -0.2) is 4.98 Å². The molecular formula is C12H17F2N5O. The average Bonchev–Trinajstić information content (AvgIpc) is 3.06. The van der Waals surface area contributed by atoms with E-state index in [1.165, 1.54) is 12.4 Å². The molecule has 0 saturated carbocycles. The lowest BCUT2D eigenvalue weighted by atomic mass is 10.3. The highest BCUT2D eigenvalue weighted by molar-refractivity contribution is 4.96. The van der Waals surface area contributed by atoms with Crippen LogP contribution >= 0.6 is 0 Å². The van der Waals surface area contributed by atoms with Gasteiger partial charge in [-0.3, -0.25) is 9.47 Å². The third-order valence-electron chi connectivity index (χ3n) is 3.17. The maximum Gasteiger partial charge on any atom is 0.319 e. The summed E-state index contributed by atoms with van der Waals surface area (Å²) in [5.41, 5.74) is 0. The first kappa shape index (κ1) is 14.6. The minimum absolute atomic E-state index is 0.175. The Morgan fingerprint density at radius 2 is 2.20 bits per heavy atom. The Labute approximate surface area is 115 Å². The van der Waals surface area contributed by atoms with E-state index >= 15 is 0 Å². The van der Waals surface area contributed by atoms with E-state index in [2.05, 4.69) is 15.1 Å². The van der Waals surface area contributed by atoms with Gasteiger partial charge in [0.15, 0.2) is 5.82 Å². The third kappa shape index (κ3) is 3.01. The second-order valence-electron chi connectivity index (χ2n) is 4.52. The van der Waals surface area contributed by atoms with Gasteiger partial charge in [0.2, 0.25) is 5.89 Å². The summed E-state index contributed by atoms with van der Waals surface area (Å²) in [5.74, 6) is 1.40. The van der Waals surface area contributed by atoms with Gasteiger partial charge in [-0.2, -0.15) is 13.8 Å². The number of nitrogens with zero attached hydrogens (tertiary/aromatic N) is 5. The zero-order chi connectivity index (χ0) is 14.7. The highest BCUT2D eigenvalue weighted by Gasteiger charge is 2.21. The van der Waals surface area contributed by atoms with Gasteiger partial charge in [0.25, 0.3) is 0 Å². The van der Waals surface area contributed by atoms with Crippen molar-refractivity contribution in [3.8, 4) is 0 Å². The zero-order valence-corrected chi connectivity index (χ0v) is 11.6. The summed E-state index contributed by atoms with van der Waals surface area (Å²) in [6.07, 6.45) is 3.32. The molecule has 0 aliphatic heterocycles. The molecule has 2 aromatic heterocycles. The first-order chi connectivity index (χ1) is 9.52. The molecule has 2 heterocycles. The monoisotopic (exact) mass is 285 g/mol. The quantitative estimate of drug-likeness (QED) is 0.815. The molecule has 0 N–H and O–H groups in total. The summed E-state index contributed by atoms with van der Waals surface area (Å²) in [4.78, 5) is 10.0. The molecule has 6 nitrogen and oxygen atoms in total. The number of imidazole rings is 1. The second kappa shape index (κ2) is 6.08. The van der Waals surface area contributed by atoms with Crippen LogP contribution in [0.4, 0.5) is 8.78 Å². The maximum absolute atomic E-state index is 12.7. The molecule has 1 unspecified atom stereocenters. The molecule has 0 aliphatic rings. The van der Waals surface area contributed by atoms with Crippen molar-refractivity contribution < 1.29 is 13.3 Å². The molecule has 2 aromatic rings. The van der Waals surface area contributed by atoms with E-state index in [-0.39, 0.29) is 12.6 Å². The van der Waals surface area contributed by atoms with Crippen LogP contribution in [0.5, 0.6) is 0 Å². The molecule has 110 valence electrons. The number of rotatable bonds is 6. The number of alkyl halides is 2. The van der Waals surface area contributed by atoms with Crippen molar-refractivity contribution in [3.05, 3.63) is 29.9 Å². The average molecular weight is 285 g/mol. The number of hydrogen-bond acceptors (Lipinski definition) is 5. The summed E-state index contributed by atoms with van der Waals surface area (Å²) in [7, 11) is 1.80. The second-order valence-corrected chi connectivity index (χ2v) is 4.52. The SMILES string of the molecule is CCc1noc(C(C)N(C)Cc2nccn2C(F)F)n1. The maximum atomic E-state index is 12.7. The molecule has 0 aromatic carbocycles. The van der Waals surface area contributed by atoms with E-state index < -0.39 is 6.55 Å². The highest BCUT2D eigenvalue weighted by atomic mass is 19.3.